The summed E-state index contributed by atoms with van der Waals surface area (Å²) in [5.74, 6) is -0.427. The number of carbonyl (C=O) groups excluding carboxylic acids is 1. The van der Waals surface area contributed by atoms with E-state index < -0.39 is 15.7 Å². The van der Waals surface area contributed by atoms with Gasteiger partial charge in [-0.15, -0.1) is 0 Å². The Bertz CT molecular complexity index is 1530. The summed E-state index contributed by atoms with van der Waals surface area (Å²) >= 11 is 0. The van der Waals surface area contributed by atoms with Crippen LogP contribution in [0.1, 0.15) is 21.5 Å². The third-order valence-corrected chi connectivity index (χ3v) is 7.44. The maximum atomic E-state index is 13.6. The molecule has 164 valence electrons. The van der Waals surface area contributed by atoms with Crippen LogP contribution in [0.4, 0.5) is 5.69 Å². The maximum Gasteiger partial charge on any atom is 0.328 e. The number of aromatic nitrogens is 2. The highest BCUT2D eigenvalue weighted by Gasteiger charge is 2.25. The molecule has 1 heterocycles. The standard InChI is InChI=1S/C24H23N3O4S/c1-15-9-11-17(12-10-15)32(30,31)22-14-21-20(26(3)24(29)27(21)4)13-19(22)25-23(28)18-8-6-5-7-16(18)2/h5-14H,1-4H3,(H,25,28). The lowest BCUT2D eigenvalue weighted by Gasteiger charge is -2.14. The third-order valence-electron chi connectivity index (χ3n) is 5.63. The molecule has 0 unspecified atom stereocenters. The summed E-state index contributed by atoms with van der Waals surface area (Å²) in [6.07, 6.45) is 0. The van der Waals surface area contributed by atoms with E-state index in [9.17, 15) is 18.0 Å². The minimum absolute atomic E-state index is 0.0722. The quantitative estimate of drug-likeness (QED) is 0.516. The Hall–Kier alpha value is -3.65. The molecule has 4 rings (SSSR count). The van der Waals surface area contributed by atoms with Crippen molar-refractivity contribution in [2.24, 2.45) is 14.1 Å². The van der Waals surface area contributed by atoms with Gasteiger partial charge in [0.1, 0.15) is 0 Å². The van der Waals surface area contributed by atoms with Gasteiger partial charge in [0, 0.05) is 19.7 Å². The normalized spacial score (nSPS) is 11.6. The highest BCUT2D eigenvalue weighted by atomic mass is 32.2. The van der Waals surface area contributed by atoms with Gasteiger partial charge in [-0.3, -0.25) is 13.9 Å². The zero-order chi connectivity index (χ0) is 23.2. The number of sulfone groups is 1. The zero-order valence-corrected chi connectivity index (χ0v) is 19.0. The summed E-state index contributed by atoms with van der Waals surface area (Å²) in [4.78, 5) is 25.5. The Labute approximate surface area is 185 Å². The van der Waals surface area contributed by atoms with Crippen LogP contribution in [-0.2, 0) is 23.9 Å². The Morgan fingerprint density at radius 2 is 1.47 bits per heavy atom. The molecule has 3 aromatic carbocycles. The number of carbonyl (C=O) groups is 1. The fourth-order valence-electron chi connectivity index (χ4n) is 3.71. The number of nitrogens with one attached hydrogen (secondary N) is 1. The van der Waals surface area contributed by atoms with Crippen LogP contribution < -0.4 is 11.0 Å². The second-order valence-corrected chi connectivity index (χ2v) is 9.74. The van der Waals surface area contributed by atoms with E-state index in [0.717, 1.165) is 11.1 Å². The molecule has 0 bridgehead atoms. The summed E-state index contributed by atoms with van der Waals surface area (Å²) in [5.41, 5.74) is 2.93. The number of hydrogen-bond acceptors (Lipinski definition) is 4. The van der Waals surface area contributed by atoms with Gasteiger partial charge in [0.05, 0.1) is 26.5 Å². The van der Waals surface area contributed by atoms with Gasteiger partial charge < -0.3 is 5.32 Å². The monoisotopic (exact) mass is 449 g/mol. The number of amides is 1. The molecule has 0 spiro atoms. The molecule has 0 atom stereocenters. The molecule has 0 aliphatic carbocycles. The first-order chi connectivity index (χ1) is 15.1. The van der Waals surface area contributed by atoms with Crippen LogP contribution in [0.2, 0.25) is 0 Å². The molecule has 0 aliphatic heterocycles. The van der Waals surface area contributed by atoms with Crippen molar-refractivity contribution in [2.45, 2.75) is 23.6 Å². The number of hydrogen-bond donors (Lipinski definition) is 1. The minimum Gasteiger partial charge on any atom is -0.321 e. The molecule has 0 radical (unpaired) electrons. The fourth-order valence-corrected chi connectivity index (χ4v) is 5.12. The van der Waals surface area contributed by atoms with Crippen LogP contribution >= 0.6 is 0 Å². The highest BCUT2D eigenvalue weighted by Crippen LogP contribution is 2.32. The van der Waals surface area contributed by atoms with Gasteiger partial charge in [0.15, 0.2) is 0 Å². The number of aryl methyl sites for hydroxylation is 4. The zero-order valence-electron chi connectivity index (χ0n) is 18.2. The Kier molecular flexibility index (Phi) is 5.26. The average Bonchev–Trinajstić information content (AvgIpc) is 2.97. The van der Waals surface area contributed by atoms with Crippen LogP contribution in [0.15, 0.2) is 75.2 Å². The molecule has 32 heavy (non-hydrogen) atoms. The lowest BCUT2D eigenvalue weighted by atomic mass is 10.1. The molecule has 0 fully saturated rings. The van der Waals surface area contributed by atoms with E-state index in [1.165, 1.54) is 33.4 Å². The van der Waals surface area contributed by atoms with Crippen molar-refractivity contribution in [1.29, 1.82) is 0 Å². The second kappa shape index (κ2) is 7.80. The van der Waals surface area contributed by atoms with E-state index in [4.69, 9.17) is 0 Å². The van der Waals surface area contributed by atoms with Crippen LogP contribution in [0.5, 0.6) is 0 Å². The molecular formula is C24H23N3O4S. The maximum absolute atomic E-state index is 13.6. The van der Waals surface area contributed by atoms with Crippen molar-refractivity contribution in [2.75, 3.05) is 5.32 Å². The van der Waals surface area contributed by atoms with Gasteiger partial charge in [-0.05, 0) is 49.7 Å². The molecular weight excluding hydrogens is 426 g/mol. The number of imidazole rings is 1. The minimum atomic E-state index is -3.98. The van der Waals surface area contributed by atoms with Crippen LogP contribution in [0.25, 0.3) is 11.0 Å². The molecule has 7 nitrogen and oxygen atoms in total. The van der Waals surface area contributed by atoms with Gasteiger partial charge in [0.2, 0.25) is 9.84 Å². The summed E-state index contributed by atoms with van der Waals surface area (Å²) < 4.78 is 29.9. The summed E-state index contributed by atoms with van der Waals surface area (Å²) in [5, 5.41) is 2.76. The summed E-state index contributed by atoms with van der Waals surface area (Å²) in [6.45, 7) is 3.68. The Balaban J connectivity index is 1.95. The average molecular weight is 450 g/mol. The van der Waals surface area contributed by atoms with Crippen LogP contribution in [0, 0.1) is 13.8 Å². The molecule has 8 heteroatoms. The smallest absolute Gasteiger partial charge is 0.321 e. The van der Waals surface area contributed by atoms with E-state index >= 15 is 0 Å². The van der Waals surface area contributed by atoms with E-state index in [2.05, 4.69) is 5.32 Å². The van der Waals surface area contributed by atoms with Crippen molar-refractivity contribution in [3.8, 4) is 0 Å². The highest BCUT2D eigenvalue weighted by molar-refractivity contribution is 7.91. The summed E-state index contributed by atoms with van der Waals surface area (Å²) in [7, 11) is -0.791. The number of benzene rings is 3. The van der Waals surface area contributed by atoms with Gasteiger partial charge in [-0.1, -0.05) is 35.9 Å². The fraction of sp³-hybridized carbons (Fsp3) is 0.167. The molecule has 1 aromatic heterocycles. The van der Waals surface area contributed by atoms with Gasteiger partial charge in [-0.2, -0.15) is 0 Å². The predicted octanol–water partition coefficient (Wildman–Crippen LogP) is 3.58. The number of anilines is 1. The van der Waals surface area contributed by atoms with Crippen molar-refractivity contribution in [3.63, 3.8) is 0 Å². The molecule has 1 amide bonds. The lowest BCUT2D eigenvalue weighted by molar-refractivity contribution is 0.102. The first kappa shape index (κ1) is 21.6. The first-order valence-electron chi connectivity index (χ1n) is 9.99. The Morgan fingerprint density at radius 3 is 2.09 bits per heavy atom. The number of rotatable bonds is 4. The topological polar surface area (TPSA) is 90.2 Å². The van der Waals surface area contributed by atoms with E-state index in [1.807, 2.05) is 26.0 Å². The van der Waals surface area contributed by atoms with Gasteiger partial charge >= 0.3 is 5.69 Å². The van der Waals surface area contributed by atoms with Crippen LogP contribution in [0.3, 0.4) is 0 Å². The number of nitrogens with zero attached hydrogens (tertiary/aromatic N) is 2. The number of fused-ring (bicyclic) bond motifs is 1. The largest absolute Gasteiger partial charge is 0.328 e. The van der Waals surface area contributed by atoms with Gasteiger partial charge in [-0.25, -0.2) is 13.2 Å². The van der Waals surface area contributed by atoms with E-state index in [0.29, 0.717) is 16.6 Å². The third kappa shape index (κ3) is 3.52. The first-order valence-corrected chi connectivity index (χ1v) is 11.5. The summed E-state index contributed by atoms with van der Waals surface area (Å²) in [6, 6.07) is 16.5. The lowest BCUT2D eigenvalue weighted by Crippen LogP contribution is -2.19. The molecule has 0 aliphatic rings. The van der Waals surface area contributed by atoms with Crippen molar-refractivity contribution < 1.29 is 13.2 Å². The predicted molar refractivity (Wildman–Crippen MR) is 124 cm³/mol. The van der Waals surface area contributed by atoms with E-state index in [-0.39, 0.29) is 21.2 Å². The molecule has 1 N–H and O–H groups in total. The van der Waals surface area contributed by atoms with Crippen molar-refractivity contribution in [1.82, 2.24) is 9.13 Å². The molecule has 0 saturated carbocycles. The van der Waals surface area contributed by atoms with E-state index in [1.54, 1.807) is 38.4 Å². The van der Waals surface area contributed by atoms with Gasteiger partial charge in [0.25, 0.3) is 5.91 Å². The van der Waals surface area contributed by atoms with Crippen molar-refractivity contribution >= 4 is 32.5 Å². The second-order valence-electron chi connectivity index (χ2n) is 7.82. The Morgan fingerprint density at radius 1 is 0.875 bits per heavy atom. The van der Waals surface area contributed by atoms with Crippen molar-refractivity contribution in [3.05, 3.63) is 87.8 Å². The molecule has 0 saturated heterocycles. The SMILES string of the molecule is Cc1ccc(S(=O)(=O)c2cc3c(cc2NC(=O)c2ccccc2C)n(C)c(=O)n3C)cc1. The van der Waals surface area contributed by atoms with Crippen LogP contribution in [-0.4, -0.2) is 23.5 Å². The molecule has 4 aromatic rings.